The highest BCUT2D eigenvalue weighted by Crippen LogP contribution is 2.38. The number of imidazole rings is 1. The normalized spacial score (nSPS) is 11.2. The van der Waals surface area contributed by atoms with Crippen LogP contribution in [0.25, 0.3) is 45.0 Å². The fourth-order valence-corrected chi connectivity index (χ4v) is 3.93. The Balaban J connectivity index is 1.80. The number of rotatable bonds is 4. The van der Waals surface area contributed by atoms with Gasteiger partial charge >= 0.3 is 0 Å². The first-order valence-electron chi connectivity index (χ1n) is 10.1. The van der Waals surface area contributed by atoms with Crippen LogP contribution in [0.15, 0.2) is 70.0 Å². The molecule has 0 radical (unpaired) electrons. The van der Waals surface area contributed by atoms with Crippen LogP contribution in [0.4, 0.5) is 0 Å². The van der Waals surface area contributed by atoms with Crippen molar-refractivity contribution in [2.75, 3.05) is 7.11 Å². The summed E-state index contributed by atoms with van der Waals surface area (Å²) >= 11 is 0. The predicted octanol–water partition coefficient (Wildman–Crippen LogP) is 4.88. The van der Waals surface area contributed by atoms with Gasteiger partial charge in [0.05, 0.1) is 7.11 Å². The maximum atomic E-state index is 12.2. The van der Waals surface area contributed by atoms with Gasteiger partial charge in [0.25, 0.3) is 0 Å². The number of hydrogen-bond acceptors (Lipinski definition) is 5. The monoisotopic (exact) mass is 427 g/mol. The van der Waals surface area contributed by atoms with Gasteiger partial charge in [0.15, 0.2) is 5.76 Å². The number of nitrogens with one attached hydrogen (secondary N) is 1. The molecule has 0 spiro atoms. The Morgan fingerprint density at radius 3 is 2.66 bits per heavy atom. The van der Waals surface area contributed by atoms with E-state index in [1.807, 2.05) is 66.3 Å². The van der Waals surface area contributed by atoms with Crippen LogP contribution >= 0.6 is 0 Å². The maximum Gasteiger partial charge on any atom is 0.227 e. The minimum Gasteiger partial charge on any atom is -0.501 e. The van der Waals surface area contributed by atoms with Crippen LogP contribution in [-0.2, 0) is 7.05 Å². The number of hydrogen-bond donors (Lipinski definition) is 2. The van der Waals surface area contributed by atoms with E-state index in [0.717, 1.165) is 27.8 Å². The summed E-state index contributed by atoms with van der Waals surface area (Å²) in [5, 5.41) is 11.5. The predicted molar refractivity (Wildman–Crippen MR) is 123 cm³/mol. The second-order valence-electron chi connectivity index (χ2n) is 7.61. The average molecular weight is 427 g/mol. The minimum atomic E-state index is -0.506. The van der Waals surface area contributed by atoms with E-state index in [-0.39, 0.29) is 5.76 Å². The summed E-state index contributed by atoms with van der Waals surface area (Å²) in [4.78, 5) is 20.4. The molecule has 2 aromatic carbocycles. The van der Waals surface area contributed by atoms with Crippen LogP contribution in [0.2, 0.25) is 0 Å². The molecule has 160 valence electrons. The third-order valence-corrected chi connectivity index (χ3v) is 5.48. The summed E-state index contributed by atoms with van der Waals surface area (Å²) in [7, 11) is 3.59. The molecular weight excluding hydrogens is 406 g/mol. The van der Waals surface area contributed by atoms with E-state index in [1.165, 1.54) is 6.07 Å². The molecule has 0 saturated heterocycles. The van der Waals surface area contributed by atoms with Gasteiger partial charge in [-0.2, -0.15) is 0 Å². The number of aromatic nitrogens is 3. The topological polar surface area (TPSA) is 93.3 Å². The summed E-state index contributed by atoms with van der Waals surface area (Å²) in [5.74, 6) is 1.32. The van der Waals surface area contributed by atoms with Gasteiger partial charge in [0.2, 0.25) is 11.2 Å². The van der Waals surface area contributed by atoms with Crippen molar-refractivity contribution in [3.63, 3.8) is 0 Å². The highest BCUT2D eigenvalue weighted by atomic mass is 16.5. The number of aromatic amines is 1. The Kier molecular flexibility index (Phi) is 4.59. The van der Waals surface area contributed by atoms with Crippen LogP contribution in [0, 0.1) is 6.92 Å². The number of nitrogens with zero attached hydrogens (tertiary/aromatic N) is 2. The number of aromatic hydroxyl groups is 1. The molecule has 0 unspecified atom stereocenters. The van der Waals surface area contributed by atoms with E-state index in [0.29, 0.717) is 23.0 Å². The summed E-state index contributed by atoms with van der Waals surface area (Å²) in [6.45, 7) is 1.67. The Hall–Kier alpha value is -4.26. The lowest BCUT2D eigenvalue weighted by molar-refractivity contribution is 0.415. The van der Waals surface area contributed by atoms with E-state index in [1.54, 1.807) is 14.0 Å². The molecule has 5 aromatic rings. The van der Waals surface area contributed by atoms with E-state index >= 15 is 0 Å². The number of methoxy groups -OCH3 is 1. The molecule has 7 heteroatoms. The molecule has 0 amide bonds. The SMILES string of the molecule is COc1ccc2c(c1)c(-c1nc(-c3ccccc3)c(-c3oc(C)cc(=O)c3O)[nH]1)cn2C. The summed E-state index contributed by atoms with van der Waals surface area (Å²) in [6.07, 6.45) is 1.98. The van der Waals surface area contributed by atoms with Gasteiger partial charge in [-0.15, -0.1) is 0 Å². The standard InChI is InChI=1S/C25H21N3O4/c1-14-11-20(29)23(30)24(32-14)22-21(15-7-5-4-6-8-15)26-25(27-22)18-13-28(2)19-10-9-16(31-3)12-17(18)19/h4-13,30H,1-3H3,(H,26,27). The Bertz CT molecular complexity index is 1510. The van der Waals surface area contributed by atoms with Crippen molar-refractivity contribution in [2.24, 2.45) is 7.05 Å². The van der Waals surface area contributed by atoms with Gasteiger partial charge in [0, 0.05) is 41.3 Å². The minimum absolute atomic E-state index is 0.0606. The molecule has 32 heavy (non-hydrogen) atoms. The molecule has 0 bridgehead atoms. The van der Waals surface area contributed by atoms with Gasteiger partial charge in [0.1, 0.15) is 28.7 Å². The Morgan fingerprint density at radius 1 is 1.12 bits per heavy atom. The third-order valence-electron chi connectivity index (χ3n) is 5.48. The zero-order valence-corrected chi connectivity index (χ0v) is 17.8. The van der Waals surface area contributed by atoms with E-state index in [4.69, 9.17) is 14.1 Å². The maximum absolute atomic E-state index is 12.2. The second kappa shape index (κ2) is 7.46. The van der Waals surface area contributed by atoms with Crippen LogP contribution in [0.1, 0.15) is 5.76 Å². The third kappa shape index (κ3) is 3.15. The first-order valence-corrected chi connectivity index (χ1v) is 10.1. The van der Waals surface area contributed by atoms with Gasteiger partial charge in [-0.3, -0.25) is 4.79 Å². The van der Waals surface area contributed by atoms with Gasteiger partial charge < -0.3 is 23.8 Å². The number of ether oxygens (including phenoxy) is 1. The number of benzene rings is 2. The number of H-pyrrole nitrogens is 1. The molecule has 2 N–H and O–H groups in total. The lowest BCUT2D eigenvalue weighted by atomic mass is 10.1. The van der Waals surface area contributed by atoms with E-state index in [2.05, 4.69) is 4.98 Å². The zero-order chi connectivity index (χ0) is 22.4. The Morgan fingerprint density at radius 2 is 1.91 bits per heavy atom. The van der Waals surface area contributed by atoms with Crippen molar-refractivity contribution < 1.29 is 14.3 Å². The summed E-state index contributed by atoms with van der Waals surface area (Å²) < 4.78 is 13.2. The lowest BCUT2D eigenvalue weighted by Gasteiger charge is -2.05. The zero-order valence-electron chi connectivity index (χ0n) is 17.8. The first kappa shape index (κ1) is 19.7. The van der Waals surface area contributed by atoms with E-state index < -0.39 is 11.2 Å². The quantitative estimate of drug-likeness (QED) is 0.426. The molecule has 3 aromatic heterocycles. The fraction of sp³-hybridized carbons (Fsp3) is 0.120. The van der Waals surface area contributed by atoms with Crippen LogP contribution in [0.3, 0.4) is 0 Å². The van der Waals surface area contributed by atoms with Crippen LogP contribution in [-0.4, -0.2) is 26.8 Å². The van der Waals surface area contributed by atoms with Gasteiger partial charge in [-0.25, -0.2) is 4.98 Å². The molecule has 0 atom stereocenters. The molecule has 0 aliphatic carbocycles. The first-order chi connectivity index (χ1) is 15.5. The van der Waals surface area contributed by atoms with Crippen molar-refractivity contribution in [1.29, 1.82) is 0 Å². The van der Waals surface area contributed by atoms with Gasteiger partial charge in [-0.1, -0.05) is 30.3 Å². The molecule has 0 fully saturated rings. The number of aryl methyl sites for hydroxylation is 2. The smallest absolute Gasteiger partial charge is 0.227 e. The average Bonchev–Trinajstić information content (AvgIpc) is 3.38. The van der Waals surface area contributed by atoms with Crippen molar-refractivity contribution >= 4 is 10.9 Å². The molecular formula is C25H21N3O4. The molecule has 5 rings (SSSR count). The van der Waals surface area contributed by atoms with Crippen molar-refractivity contribution in [1.82, 2.24) is 14.5 Å². The number of fused-ring (bicyclic) bond motifs is 1. The highest BCUT2D eigenvalue weighted by molar-refractivity contribution is 5.96. The fourth-order valence-electron chi connectivity index (χ4n) is 3.93. The molecule has 7 nitrogen and oxygen atoms in total. The molecule has 3 heterocycles. The summed E-state index contributed by atoms with van der Waals surface area (Å²) in [6, 6.07) is 16.7. The van der Waals surface area contributed by atoms with Crippen molar-refractivity contribution in [2.45, 2.75) is 6.92 Å². The lowest BCUT2D eigenvalue weighted by Crippen LogP contribution is -2.01. The molecule has 0 saturated carbocycles. The van der Waals surface area contributed by atoms with E-state index in [9.17, 15) is 9.90 Å². The Labute approximate surface area is 183 Å². The largest absolute Gasteiger partial charge is 0.501 e. The second-order valence-corrected chi connectivity index (χ2v) is 7.61. The summed E-state index contributed by atoms with van der Waals surface area (Å²) in [5.41, 5.74) is 3.21. The van der Waals surface area contributed by atoms with Gasteiger partial charge in [-0.05, 0) is 25.1 Å². The highest BCUT2D eigenvalue weighted by Gasteiger charge is 2.23. The molecule has 0 aliphatic rings. The van der Waals surface area contributed by atoms with Crippen LogP contribution in [0.5, 0.6) is 11.5 Å². The van der Waals surface area contributed by atoms with Crippen molar-refractivity contribution in [3.8, 4) is 45.6 Å². The van der Waals surface area contributed by atoms with Crippen LogP contribution < -0.4 is 10.2 Å². The van der Waals surface area contributed by atoms with Crippen molar-refractivity contribution in [3.05, 3.63) is 76.8 Å². The molecule has 0 aliphatic heterocycles.